The Bertz CT molecular complexity index is 1200. The number of hydrogen-bond donors (Lipinski definition) is 1. The maximum Gasteiger partial charge on any atom is 0.337 e. The maximum atomic E-state index is 12.0. The molecule has 3 unspecified atom stereocenters. The topological polar surface area (TPSA) is 52.3 Å². The maximum absolute atomic E-state index is 12.0. The van der Waals surface area contributed by atoms with E-state index >= 15 is 0 Å². The largest absolute Gasteiger partial charge is 0.465 e. The molecule has 3 heteroatoms. The molecule has 0 saturated heterocycles. The fourth-order valence-electron chi connectivity index (χ4n) is 12.0. The number of rotatable bonds is 3. The number of carbonyl (C=O) groups excluding carboxylic acids is 1. The Kier molecular flexibility index (Phi) is 6.17. The molecule has 3 nitrogen and oxygen atoms in total. The number of esters is 1. The van der Waals surface area contributed by atoms with Crippen LogP contribution in [0.5, 0.6) is 0 Å². The van der Waals surface area contributed by atoms with Crippen LogP contribution in [0.1, 0.15) is 108 Å². The van der Waals surface area contributed by atoms with Gasteiger partial charge in [0.1, 0.15) is 0 Å². The van der Waals surface area contributed by atoms with E-state index in [1.807, 2.05) is 12.1 Å². The number of hydrogen-bond acceptors (Lipinski definition) is 3. The van der Waals surface area contributed by atoms with Crippen LogP contribution in [0.2, 0.25) is 0 Å². The van der Waals surface area contributed by atoms with E-state index < -0.39 is 0 Å². The Morgan fingerprint density at radius 1 is 0.923 bits per heavy atom. The van der Waals surface area contributed by atoms with Gasteiger partial charge in [0.05, 0.1) is 12.7 Å². The molecule has 39 heavy (non-hydrogen) atoms. The molecule has 2 N–H and O–H groups in total. The molecule has 0 heterocycles. The van der Waals surface area contributed by atoms with Crippen LogP contribution in [-0.2, 0) is 4.74 Å². The van der Waals surface area contributed by atoms with E-state index in [1.54, 1.807) is 0 Å². The van der Waals surface area contributed by atoms with E-state index in [-0.39, 0.29) is 16.9 Å². The van der Waals surface area contributed by atoms with Gasteiger partial charge >= 0.3 is 5.97 Å². The van der Waals surface area contributed by atoms with Crippen molar-refractivity contribution >= 4 is 11.5 Å². The van der Waals surface area contributed by atoms with Gasteiger partial charge < -0.3 is 10.5 Å². The Hall–Kier alpha value is -1.87. The Morgan fingerprint density at radius 2 is 1.64 bits per heavy atom. The molecule has 5 aliphatic rings. The number of allylic oxidation sites excluding steroid dienone is 3. The summed E-state index contributed by atoms with van der Waals surface area (Å²) in [6.07, 6.45) is 16.2. The van der Waals surface area contributed by atoms with Gasteiger partial charge in [-0.1, -0.05) is 58.9 Å². The lowest BCUT2D eigenvalue weighted by Gasteiger charge is -2.72. The molecule has 4 fully saturated rings. The number of carbonyl (C=O) groups is 1. The van der Waals surface area contributed by atoms with Crippen LogP contribution in [0.4, 0.5) is 0 Å². The van der Waals surface area contributed by atoms with Crippen LogP contribution in [0, 0.1) is 51.2 Å². The zero-order valence-corrected chi connectivity index (χ0v) is 25.3. The van der Waals surface area contributed by atoms with E-state index in [2.05, 4.69) is 65.5 Å². The lowest BCUT2D eigenvalue weighted by molar-refractivity contribution is -0.217. The molecular weight excluding hydrogens is 478 g/mol. The molecule has 6 rings (SSSR count). The lowest BCUT2D eigenvalue weighted by Crippen LogP contribution is -2.67. The van der Waals surface area contributed by atoms with E-state index in [4.69, 9.17) is 10.5 Å². The fraction of sp³-hybridized carbons (Fsp3) is 0.694. The predicted molar refractivity (Wildman–Crippen MR) is 160 cm³/mol. The summed E-state index contributed by atoms with van der Waals surface area (Å²) in [6, 6.07) is 8.10. The molecule has 0 spiro atoms. The summed E-state index contributed by atoms with van der Waals surface area (Å²) in [5.41, 5.74) is 11.6. The lowest BCUT2D eigenvalue weighted by atomic mass is 9.33. The van der Waals surface area contributed by atoms with Gasteiger partial charge in [-0.25, -0.2) is 4.79 Å². The van der Waals surface area contributed by atoms with E-state index in [9.17, 15) is 4.79 Å². The second kappa shape index (κ2) is 8.81. The van der Waals surface area contributed by atoms with Crippen LogP contribution in [-0.4, -0.2) is 18.6 Å². The van der Waals surface area contributed by atoms with Gasteiger partial charge in [-0.05, 0) is 132 Å². The third-order valence-electron chi connectivity index (χ3n) is 14.0. The number of fused-ring (bicyclic) bond motifs is 7. The quantitative estimate of drug-likeness (QED) is 0.316. The summed E-state index contributed by atoms with van der Waals surface area (Å²) in [6.45, 7) is 17.3. The van der Waals surface area contributed by atoms with Crippen molar-refractivity contribution in [2.45, 2.75) is 97.9 Å². The molecule has 0 amide bonds. The SMILES string of the molecule is C=C[C@@H]1CC[C@]2(N)CC[C@]3(C)[C@H](CCC4[C@@]5(C)CC=C(c6ccc(C(=O)OC)cc6)C(C)(C)C5CC[C@]43C)C12. The van der Waals surface area contributed by atoms with Crippen molar-refractivity contribution in [2.75, 3.05) is 7.11 Å². The van der Waals surface area contributed by atoms with Crippen molar-refractivity contribution in [3.05, 3.63) is 54.1 Å². The predicted octanol–water partition coefficient (Wildman–Crippen LogP) is 8.45. The summed E-state index contributed by atoms with van der Waals surface area (Å²) in [5.74, 6) is 3.04. The summed E-state index contributed by atoms with van der Waals surface area (Å²) in [7, 11) is 1.44. The molecule has 0 radical (unpaired) electrons. The number of ether oxygens (including phenoxy) is 1. The highest BCUT2D eigenvalue weighted by molar-refractivity contribution is 5.89. The number of methoxy groups -OCH3 is 1. The second-order valence-corrected chi connectivity index (χ2v) is 15.5. The van der Waals surface area contributed by atoms with Gasteiger partial charge in [0, 0.05) is 5.54 Å². The smallest absolute Gasteiger partial charge is 0.337 e. The average Bonchev–Trinajstić information content (AvgIpc) is 3.25. The molecule has 0 aromatic heterocycles. The van der Waals surface area contributed by atoms with Crippen molar-refractivity contribution in [2.24, 2.45) is 57.0 Å². The van der Waals surface area contributed by atoms with E-state index in [0.29, 0.717) is 39.6 Å². The molecule has 5 aliphatic carbocycles. The number of benzene rings is 1. The summed E-state index contributed by atoms with van der Waals surface area (Å²) < 4.78 is 4.93. The van der Waals surface area contributed by atoms with Crippen LogP contribution in [0.3, 0.4) is 0 Å². The highest BCUT2D eigenvalue weighted by atomic mass is 16.5. The van der Waals surface area contributed by atoms with Gasteiger partial charge in [-0.15, -0.1) is 6.58 Å². The molecule has 1 aromatic rings. The molecule has 9 atom stereocenters. The monoisotopic (exact) mass is 529 g/mol. The van der Waals surface area contributed by atoms with Gasteiger partial charge in [0.25, 0.3) is 0 Å². The third kappa shape index (κ3) is 3.53. The van der Waals surface area contributed by atoms with Crippen LogP contribution >= 0.6 is 0 Å². The van der Waals surface area contributed by atoms with E-state index in [0.717, 1.165) is 18.3 Å². The fourth-order valence-corrected chi connectivity index (χ4v) is 12.0. The summed E-state index contributed by atoms with van der Waals surface area (Å²) >= 11 is 0. The first kappa shape index (κ1) is 27.3. The van der Waals surface area contributed by atoms with Crippen molar-refractivity contribution < 1.29 is 9.53 Å². The van der Waals surface area contributed by atoms with Crippen LogP contribution < -0.4 is 5.73 Å². The normalized spacial score (nSPS) is 46.1. The van der Waals surface area contributed by atoms with Crippen molar-refractivity contribution in [1.82, 2.24) is 0 Å². The minimum Gasteiger partial charge on any atom is -0.465 e. The summed E-state index contributed by atoms with van der Waals surface area (Å²) in [5, 5.41) is 0. The average molecular weight is 530 g/mol. The van der Waals surface area contributed by atoms with E-state index in [1.165, 1.54) is 69.6 Å². The van der Waals surface area contributed by atoms with Crippen molar-refractivity contribution in [3.63, 3.8) is 0 Å². The van der Waals surface area contributed by atoms with Gasteiger partial charge in [-0.3, -0.25) is 0 Å². The molecule has 212 valence electrons. The van der Waals surface area contributed by atoms with Gasteiger partial charge in [0.2, 0.25) is 0 Å². The first-order chi connectivity index (χ1) is 18.4. The first-order valence-corrected chi connectivity index (χ1v) is 15.7. The Morgan fingerprint density at radius 3 is 2.31 bits per heavy atom. The zero-order valence-electron chi connectivity index (χ0n) is 25.3. The van der Waals surface area contributed by atoms with Gasteiger partial charge in [-0.2, -0.15) is 0 Å². The van der Waals surface area contributed by atoms with Crippen LogP contribution in [0.25, 0.3) is 5.57 Å². The Balaban J connectivity index is 1.34. The summed E-state index contributed by atoms with van der Waals surface area (Å²) in [4.78, 5) is 12.0. The molecule has 4 saturated carbocycles. The second-order valence-electron chi connectivity index (χ2n) is 15.5. The minimum atomic E-state index is -0.270. The molecular formula is C36H51NO2. The third-order valence-corrected chi connectivity index (χ3v) is 14.0. The first-order valence-electron chi connectivity index (χ1n) is 15.7. The Labute approximate surface area is 237 Å². The molecule has 0 bridgehead atoms. The van der Waals surface area contributed by atoms with Crippen LogP contribution in [0.15, 0.2) is 43.0 Å². The molecule has 0 aliphatic heterocycles. The van der Waals surface area contributed by atoms with Gasteiger partial charge in [0.15, 0.2) is 0 Å². The minimum absolute atomic E-state index is 0.0290. The highest BCUT2D eigenvalue weighted by Gasteiger charge is 2.69. The van der Waals surface area contributed by atoms with Crippen molar-refractivity contribution in [1.29, 1.82) is 0 Å². The highest BCUT2D eigenvalue weighted by Crippen LogP contribution is 2.76. The zero-order chi connectivity index (χ0) is 28.0. The van der Waals surface area contributed by atoms with Crippen molar-refractivity contribution in [3.8, 4) is 0 Å². The number of nitrogens with two attached hydrogens (primary N) is 1. The molecule has 1 aromatic carbocycles. The standard InChI is InChI=1S/C36H51NO2/c1-8-23-15-20-36(37)22-21-34(5)27(30(23)36)13-14-29-33(4)18-16-26(24-9-11-25(12-10-24)31(38)39-7)32(2,3)28(33)17-19-35(29,34)6/h8-12,16,23,27-30H,1,13-15,17-22,37H2,2-7H3/t23-,27-,28?,29?,30?,33+,34-,35-,36+/m1/s1.